The molecule has 1 fully saturated rings. The van der Waals surface area contributed by atoms with Crippen molar-refractivity contribution in [3.8, 4) is 0 Å². The average molecular weight is 466 g/mol. The Labute approximate surface area is 170 Å². The van der Waals surface area contributed by atoms with E-state index in [1.165, 1.54) is 22.5 Å². The number of nitrogens with one attached hydrogen (secondary N) is 1. The summed E-state index contributed by atoms with van der Waals surface area (Å²) >= 11 is 3.36. The third-order valence-electron chi connectivity index (χ3n) is 5.01. The third kappa shape index (κ3) is 3.38. The maximum atomic E-state index is 14.0. The van der Waals surface area contributed by atoms with Crippen LogP contribution in [0.1, 0.15) is 18.4 Å². The van der Waals surface area contributed by atoms with Crippen LogP contribution in [0.5, 0.6) is 0 Å². The van der Waals surface area contributed by atoms with Crippen molar-refractivity contribution in [1.82, 2.24) is 9.62 Å². The Kier molecular flexibility index (Phi) is 4.84. The van der Waals surface area contributed by atoms with Crippen LogP contribution in [0.2, 0.25) is 0 Å². The van der Waals surface area contributed by atoms with E-state index in [-0.39, 0.29) is 23.9 Å². The minimum atomic E-state index is -3.93. The number of sulfonamides is 1. The second kappa shape index (κ2) is 7.06. The van der Waals surface area contributed by atoms with Crippen molar-refractivity contribution in [3.63, 3.8) is 0 Å². The molecule has 0 unspecified atom stereocenters. The van der Waals surface area contributed by atoms with Gasteiger partial charge in [0.1, 0.15) is 22.1 Å². The van der Waals surface area contributed by atoms with Gasteiger partial charge in [-0.25, -0.2) is 12.8 Å². The van der Waals surface area contributed by atoms with Gasteiger partial charge in [0.15, 0.2) is 0 Å². The number of carbonyl (C=O) groups is 1. The molecule has 0 bridgehead atoms. The molecule has 1 saturated heterocycles. The SMILES string of the molecule is O=C1NC2(CCN(S(=O)(=O)c3ccccc3F)CC2)N=C1c1ccc(Br)cc1. The molecule has 1 amide bonds. The average Bonchev–Trinajstić information content (AvgIpc) is 2.98. The number of aliphatic imine (C=N–C) groups is 1. The van der Waals surface area contributed by atoms with Gasteiger partial charge < -0.3 is 5.32 Å². The highest BCUT2D eigenvalue weighted by molar-refractivity contribution is 9.10. The van der Waals surface area contributed by atoms with Crippen LogP contribution in [-0.2, 0) is 14.8 Å². The van der Waals surface area contributed by atoms with E-state index in [0.717, 1.165) is 10.5 Å². The first-order valence-corrected chi connectivity index (χ1v) is 11.0. The van der Waals surface area contributed by atoms with E-state index < -0.39 is 21.5 Å². The van der Waals surface area contributed by atoms with Crippen LogP contribution in [-0.4, -0.2) is 43.1 Å². The monoisotopic (exact) mass is 465 g/mol. The number of amides is 1. The molecule has 0 saturated carbocycles. The first-order valence-electron chi connectivity index (χ1n) is 8.74. The van der Waals surface area contributed by atoms with E-state index in [0.29, 0.717) is 24.1 Å². The van der Waals surface area contributed by atoms with Crippen LogP contribution >= 0.6 is 15.9 Å². The molecule has 2 aliphatic heterocycles. The summed E-state index contributed by atoms with van der Waals surface area (Å²) in [6.45, 7) is 0.294. The highest BCUT2D eigenvalue weighted by Crippen LogP contribution is 2.32. The van der Waals surface area contributed by atoms with E-state index in [2.05, 4.69) is 26.2 Å². The zero-order valence-electron chi connectivity index (χ0n) is 14.7. The number of benzene rings is 2. The Morgan fingerprint density at radius 2 is 1.71 bits per heavy atom. The van der Waals surface area contributed by atoms with Gasteiger partial charge in [-0.2, -0.15) is 4.31 Å². The zero-order valence-corrected chi connectivity index (χ0v) is 17.1. The Hall–Kier alpha value is -2.10. The largest absolute Gasteiger partial charge is 0.326 e. The molecule has 28 heavy (non-hydrogen) atoms. The lowest BCUT2D eigenvalue weighted by molar-refractivity contribution is -0.115. The summed E-state index contributed by atoms with van der Waals surface area (Å²) in [6, 6.07) is 12.6. The minimum absolute atomic E-state index is 0.147. The standard InChI is InChI=1S/C19H17BrFN3O3S/c20-14-7-5-13(6-8-14)17-18(25)23-19(22-17)9-11-24(12-10-19)28(26,27)16-4-2-1-3-15(16)21/h1-8H,9-12H2,(H,23,25). The molecule has 2 aromatic carbocycles. The molecule has 2 aliphatic rings. The molecular formula is C19H17BrFN3O3S. The van der Waals surface area contributed by atoms with Crippen LogP contribution < -0.4 is 5.32 Å². The van der Waals surface area contributed by atoms with Crippen LogP contribution in [0.3, 0.4) is 0 Å². The maximum Gasteiger partial charge on any atom is 0.272 e. The molecule has 9 heteroatoms. The van der Waals surface area contributed by atoms with Gasteiger partial charge in [-0.15, -0.1) is 0 Å². The van der Waals surface area contributed by atoms with Gasteiger partial charge in [0.2, 0.25) is 10.0 Å². The smallest absolute Gasteiger partial charge is 0.272 e. The highest BCUT2D eigenvalue weighted by atomic mass is 79.9. The molecule has 0 aliphatic carbocycles. The summed E-state index contributed by atoms with van der Waals surface area (Å²) in [4.78, 5) is 16.7. The minimum Gasteiger partial charge on any atom is -0.326 e. The van der Waals surface area contributed by atoms with Crippen molar-refractivity contribution in [2.24, 2.45) is 4.99 Å². The van der Waals surface area contributed by atoms with Crippen LogP contribution in [0.15, 0.2) is 62.9 Å². The number of halogens is 2. The quantitative estimate of drug-likeness (QED) is 0.756. The fraction of sp³-hybridized carbons (Fsp3) is 0.263. The molecule has 2 aromatic rings. The van der Waals surface area contributed by atoms with Gasteiger partial charge in [-0.1, -0.05) is 40.2 Å². The van der Waals surface area contributed by atoms with Gasteiger partial charge >= 0.3 is 0 Å². The number of hydrogen-bond donors (Lipinski definition) is 1. The summed E-state index contributed by atoms with van der Waals surface area (Å²) < 4.78 is 41.6. The lowest BCUT2D eigenvalue weighted by Gasteiger charge is -2.36. The molecule has 1 N–H and O–H groups in total. The Bertz CT molecular complexity index is 1060. The molecule has 0 radical (unpaired) electrons. The molecule has 146 valence electrons. The van der Waals surface area contributed by atoms with Crippen molar-refractivity contribution in [2.75, 3.05) is 13.1 Å². The molecule has 1 spiro atoms. The van der Waals surface area contributed by atoms with Crippen molar-refractivity contribution >= 4 is 37.6 Å². The number of rotatable bonds is 3. The van der Waals surface area contributed by atoms with Crippen molar-refractivity contribution < 1.29 is 17.6 Å². The van der Waals surface area contributed by atoms with Gasteiger partial charge in [-0.05, 0) is 24.3 Å². The second-order valence-corrected chi connectivity index (χ2v) is 9.61. The van der Waals surface area contributed by atoms with Crippen molar-refractivity contribution in [2.45, 2.75) is 23.4 Å². The summed E-state index contributed by atoms with van der Waals surface area (Å²) in [5.74, 6) is -1.04. The lowest BCUT2D eigenvalue weighted by Crippen LogP contribution is -2.52. The van der Waals surface area contributed by atoms with Gasteiger partial charge in [0.05, 0.1) is 0 Å². The lowest BCUT2D eigenvalue weighted by atomic mass is 10.00. The van der Waals surface area contributed by atoms with E-state index in [9.17, 15) is 17.6 Å². The van der Waals surface area contributed by atoms with Gasteiger partial charge in [-0.3, -0.25) is 9.79 Å². The highest BCUT2D eigenvalue weighted by Gasteiger charge is 2.44. The topological polar surface area (TPSA) is 78.8 Å². The summed E-state index contributed by atoms with van der Waals surface area (Å²) in [7, 11) is -3.93. The van der Waals surface area contributed by atoms with Gasteiger partial charge in [0, 0.05) is 36.0 Å². The third-order valence-corrected chi connectivity index (χ3v) is 7.47. The fourth-order valence-corrected chi connectivity index (χ4v) is 5.26. The summed E-state index contributed by atoms with van der Waals surface area (Å²) in [5.41, 5.74) is 0.234. The summed E-state index contributed by atoms with van der Waals surface area (Å²) in [6.07, 6.45) is 0.652. The maximum absolute atomic E-state index is 14.0. The van der Waals surface area contributed by atoms with Crippen LogP contribution in [0, 0.1) is 5.82 Å². The Morgan fingerprint density at radius 3 is 2.36 bits per heavy atom. The molecule has 6 nitrogen and oxygen atoms in total. The Morgan fingerprint density at radius 1 is 1.07 bits per heavy atom. The number of hydrogen-bond acceptors (Lipinski definition) is 4. The number of nitrogens with zero attached hydrogens (tertiary/aromatic N) is 2. The van der Waals surface area contributed by atoms with Crippen LogP contribution in [0.4, 0.5) is 4.39 Å². The number of piperidine rings is 1. The molecule has 0 atom stereocenters. The normalized spacial score (nSPS) is 19.5. The first-order chi connectivity index (χ1) is 13.3. The predicted octanol–water partition coefficient (Wildman–Crippen LogP) is 2.69. The molecule has 4 rings (SSSR count). The van der Waals surface area contributed by atoms with E-state index in [1.54, 1.807) is 12.1 Å². The van der Waals surface area contributed by atoms with Crippen molar-refractivity contribution in [3.05, 3.63) is 64.4 Å². The van der Waals surface area contributed by atoms with E-state index >= 15 is 0 Å². The molecular weight excluding hydrogens is 449 g/mol. The summed E-state index contributed by atoms with van der Waals surface area (Å²) in [5, 5.41) is 2.91. The van der Waals surface area contributed by atoms with Crippen molar-refractivity contribution in [1.29, 1.82) is 0 Å². The van der Waals surface area contributed by atoms with Gasteiger partial charge in [0.25, 0.3) is 5.91 Å². The first kappa shape index (κ1) is 19.2. The van der Waals surface area contributed by atoms with E-state index in [1.807, 2.05) is 12.1 Å². The second-order valence-electron chi connectivity index (χ2n) is 6.79. The van der Waals surface area contributed by atoms with Crippen LogP contribution in [0.25, 0.3) is 0 Å². The fourth-order valence-electron chi connectivity index (χ4n) is 3.49. The molecule has 2 heterocycles. The number of carbonyl (C=O) groups excluding carboxylic acids is 1. The molecule has 0 aromatic heterocycles. The Balaban J connectivity index is 1.55. The predicted molar refractivity (Wildman–Crippen MR) is 106 cm³/mol. The zero-order chi connectivity index (χ0) is 19.9. The van der Waals surface area contributed by atoms with E-state index in [4.69, 9.17) is 0 Å².